The molecule has 0 aromatic rings. The van der Waals surface area contributed by atoms with Crippen LogP contribution in [0, 0.1) is 0 Å². The van der Waals surface area contributed by atoms with Crippen LogP contribution in [0.25, 0.3) is 0 Å². The maximum absolute atomic E-state index is 15.1. The van der Waals surface area contributed by atoms with Crippen LogP contribution in [0.1, 0.15) is 73.1 Å². The van der Waals surface area contributed by atoms with Crippen LogP contribution >= 0.6 is 7.60 Å². The quantitative estimate of drug-likeness (QED) is 0.0995. The molecule has 36 heavy (non-hydrogen) atoms. The predicted molar refractivity (Wildman–Crippen MR) is 180 cm³/mol. The van der Waals surface area contributed by atoms with Crippen molar-refractivity contribution in [1.82, 2.24) is 0 Å². The molecule has 0 aliphatic heterocycles. The first kappa shape index (κ1) is 37.6. The van der Waals surface area contributed by atoms with Gasteiger partial charge < -0.3 is 0 Å². The first-order valence-corrected chi connectivity index (χ1v) is 39.6. The second-order valence-electron chi connectivity index (χ2n) is 14.0. The van der Waals surface area contributed by atoms with Crippen molar-refractivity contribution in [1.29, 1.82) is 0 Å². The molecule has 0 rings (SSSR count). The molecule has 0 bridgehead atoms. The van der Waals surface area contributed by atoms with E-state index in [9.17, 15) is 0 Å². The first-order valence-electron chi connectivity index (χ1n) is 15.0. The van der Waals surface area contributed by atoms with Gasteiger partial charge in [-0.05, 0) is 0 Å². The Morgan fingerprint density at radius 1 is 0.639 bits per heavy atom. The Labute approximate surface area is 235 Å². The van der Waals surface area contributed by atoms with Crippen molar-refractivity contribution in [2.75, 3.05) is 13.2 Å². The summed E-state index contributed by atoms with van der Waals surface area (Å²) in [6, 6.07) is 0. The summed E-state index contributed by atoms with van der Waals surface area (Å²) in [6.45, 7) is 33.9. The molecular formula is C27H65O3PSi4Sn. The van der Waals surface area contributed by atoms with E-state index in [0.717, 1.165) is 0 Å². The molecule has 0 saturated carbocycles. The molecule has 0 radical (unpaired) electrons. The van der Waals surface area contributed by atoms with Crippen LogP contribution in [-0.4, -0.2) is 61.0 Å². The summed E-state index contributed by atoms with van der Waals surface area (Å²) in [4.78, 5) is 0. The fourth-order valence-electron chi connectivity index (χ4n) is 7.57. The summed E-state index contributed by atoms with van der Waals surface area (Å²) >= 11 is -3.12. The van der Waals surface area contributed by atoms with Crippen molar-refractivity contribution in [3.8, 4) is 0 Å². The Kier molecular flexibility index (Phi) is 16.2. The third-order valence-corrected chi connectivity index (χ3v) is 103. The van der Waals surface area contributed by atoms with Crippen molar-refractivity contribution < 1.29 is 13.6 Å². The Hall–Kier alpha value is 1.56. The molecule has 0 atom stereocenters. The molecule has 0 aromatic heterocycles. The van der Waals surface area contributed by atoms with Gasteiger partial charge in [-0.3, -0.25) is 0 Å². The summed E-state index contributed by atoms with van der Waals surface area (Å²) in [7, 11) is -8.06. The van der Waals surface area contributed by atoms with E-state index in [1.54, 1.807) is 0 Å². The van der Waals surface area contributed by atoms with Crippen LogP contribution in [-0.2, 0) is 13.6 Å². The number of unbranched alkanes of at least 4 members (excludes halogenated alkanes) is 3. The molecule has 0 heterocycles. The topological polar surface area (TPSA) is 35.5 Å². The number of hydrogen-bond donors (Lipinski definition) is 0. The van der Waals surface area contributed by atoms with Gasteiger partial charge in [0.25, 0.3) is 0 Å². The van der Waals surface area contributed by atoms with Gasteiger partial charge in [-0.25, -0.2) is 0 Å². The van der Waals surface area contributed by atoms with Gasteiger partial charge in [-0.1, -0.05) is 0 Å². The van der Waals surface area contributed by atoms with Gasteiger partial charge in [0.05, 0.1) is 0 Å². The minimum atomic E-state index is -3.32. The fourth-order valence-corrected chi connectivity index (χ4v) is 136. The summed E-state index contributed by atoms with van der Waals surface area (Å²) < 4.78 is 33.1. The van der Waals surface area contributed by atoms with Gasteiger partial charge >= 0.3 is 237 Å². The Morgan fingerprint density at radius 2 is 0.944 bits per heavy atom. The maximum atomic E-state index is 15.1. The van der Waals surface area contributed by atoms with E-state index in [2.05, 4.69) is 85.4 Å². The van der Waals surface area contributed by atoms with Crippen LogP contribution < -0.4 is 0 Å². The zero-order chi connectivity index (χ0) is 28.5. The second kappa shape index (κ2) is 15.5. The molecule has 0 N–H and O–H groups in total. The molecule has 0 aliphatic carbocycles. The van der Waals surface area contributed by atoms with E-state index in [0.29, 0.717) is 13.2 Å². The number of rotatable bonds is 19. The molecule has 0 fully saturated rings. The van der Waals surface area contributed by atoms with E-state index in [-0.39, 0.29) is 0 Å². The molecular weight excluding hydrogens is 634 g/mol. The van der Waals surface area contributed by atoms with Crippen LogP contribution in [0.15, 0.2) is 9.03 Å². The number of hydrogen-bond acceptors (Lipinski definition) is 3. The first-order chi connectivity index (χ1) is 16.4. The molecule has 0 amide bonds. The summed E-state index contributed by atoms with van der Waals surface area (Å²) in [6.07, 6.45) is 7.45. The van der Waals surface area contributed by atoms with E-state index in [1.165, 1.54) is 55.2 Å². The summed E-state index contributed by atoms with van der Waals surface area (Å²) in [5, 5.41) is 0. The Morgan fingerprint density at radius 3 is 1.17 bits per heavy atom. The molecule has 0 aromatic carbocycles. The monoisotopic (exact) mass is 700 g/mol. The molecule has 0 saturated heterocycles. The molecule has 0 unspecified atom stereocenters. The van der Waals surface area contributed by atoms with Gasteiger partial charge in [0.1, 0.15) is 0 Å². The predicted octanol–water partition coefficient (Wildman–Crippen LogP) is 10.8. The van der Waals surface area contributed by atoms with Gasteiger partial charge in [0.2, 0.25) is 0 Å². The Bertz CT molecular complexity index is 656. The normalized spacial score (nSPS) is 15.0. The average molecular weight is 700 g/mol. The summed E-state index contributed by atoms with van der Waals surface area (Å²) in [5.74, 6) is 0. The Balaban J connectivity index is 8.05. The van der Waals surface area contributed by atoms with Crippen molar-refractivity contribution in [2.24, 2.45) is 0 Å². The van der Waals surface area contributed by atoms with Crippen molar-refractivity contribution in [3.05, 3.63) is 9.03 Å². The van der Waals surface area contributed by atoms with E-state index in [4.69, 9.17) is 9.05 Å². The molecule has 9 heteroatoms. The molecule has 0 aliphatic rings. The van der Waals surface area contributed by atoms with Crippen LogP contribution in [0.3, 0.4) is 0 Å². The molecule has 0 spiro atoms. The molecule has 216 valence electrons. The van der Waals surface area contributed by atoms with E-state index in [1.807, 2.05) is 13.8 Å². The summed E-state index contributed by atoms with van der Waals surface area (Å²) in [5.41, 5.74) is 2.89. The van der Waals surface area contributed by atoms with Crippen molar-refractivity contribution >= 4 is 55.4 Å². The fraction of sp³-hybridized carbons (Fsp3) is 0.926. The third kappa shape index (κ3) is 9.03. The van der Waals surface area contributed by atoms with Gasteiger partial charge in [0, 0.05) is 0 Å². The van der Waals surface area contributed by atoms with Crippen LogP contribution in [0.5, 0.6) is 0 Å². The average Bonchev–Trinajstić information content (AvgIpc) is 2.72. The second-order valence-corrected chi connectivity index (χ2v) is 70.8. The SMILES string of the molecule is CCC[CH2][Sn]([CH2]CCC)([CH2]CCC)/[C](=C/[Si]([Si](C)(C)C)([Si](C)(C)C)[Si](C)(C)C)P(=O)(OCC)OCC. The zero-order valence-corrected chi connectivity index (χ0v) is 34.8. The van der Waals surface area contributed by atoms with Gasteiger partial charge in [0.15, 0.2) is 0 Å². The van der Waals surface area contributed by atoms with Crippen LogP contribution in [0.2, 0.25) is 72.2 Å². The van der Waals surface area contributed by atoms with Gasteiger partial charge in [-0.2, -0.15) is 0 Å². The zero-order valence-electron chi connectivity index (χ0n) is 27.0. The minimum absolute atomic E-state index is 0.466. The van der Waals surface area contributed by atoms with Crippen molar-refractivity contribution in [3.63, 3.8) is 0 Å². The van der Waals surface area contributed by atoms with Crippen LogP contribution in [0.4, 0.5) is 0 Å². The molecule has 3 nitrogen and oxygen atoms in total. The van der Waals surface area contributed by atoms with Crippen molar-refractivity contribution in [2.45, 2.75) is 145 Å². The van der Waals surface area contributed by atoms with Gasteiger partial charge in [-0.15, -0.1) is 0 Å². The standard InChI is InChI=1S/C15H38O3PSi4.3C4H9.Sn/c1-12-17-19(16,18-13-2)14-15-23(20(3,4)5,21(6,7)8)22(9,10)11;3*1-3-4-2;/h15H,12-13H2,1-11H3;3*1,3-4H2,2H3;. The third-order valence-electron chi connectivity index (χ3n) is 8.37. The van der Waals surface area contributed by atoms with E-state index >= 15 is 4.57 Å². The van der Waals surface area contributed by atoms with E-state index < -0.39 is 55.4 Å².